The van der Waals surface area contributed by atoms with Crippen LogP contribution in [0.2, 0.25) is 0 Å². The van der Waals surface area contributed by atoms with Gasteiger partial charge in [-0.25, -0.2) is 9.37 Å². The molecule has 0 amide bonds. The number of rotatable bonds is 4. The summed E-state index contributed by atoms with van der Waals surface area (Å²) in [5.74, 6) is 0.756. The van der Waals surface area contributed by atoms with Gasteiger partial charge in [0.15, 0.2) is 0 Å². The lowest BCUT2D eigenvalue weighted by molar-refractivity contribution is 0.461. The fraction of sp³-hybridized carbons (Fsp3) is 0.154. The topological polar surface area (TPSA) is 48.1 Å². The van der Waals surface area contributed by atoms with E-state index in [9.17, 15) is 4.39 Å². The summed E-state index contributed by atoms with van der Waals surface area (Å²) in [7, 11) is 0. The summed E-state index contributed by atoms with van der Waals surface area (Å²) in [4.78, 5) is 4.14. The van der Waals surface area contributed by atoms with E-state index in [2.05, 4.69) is 4.98 Å². The summed E-state index contributed by atoms with van der Waals surface area (Å²) < 4.78 is 18.1. The molecule has 2 N–H and O–H groups in total. The lowest BCUT2D eigenvalue weighted by Crippen LogP contribution is -2.02. The van der Waals surface area contributed by atoms with Gasteiger partial charge in [-0.1, -0.05) is 6.07 Å². The lowest BCUT2D eigenvalue weighted by atomic mass is 10.2. The molecule has 0 aliphatic carbocycles. The Morgan fingerprint density at radius 2 is 1.88 bits per heavy atom. The van der Waals surface area contributed by atoms with Crippen LogP contribution in [0.1, 0.15) is 5.56 Å². The molecule has 0 unspecified atom stereocenters. The van der Waals surface area contributed by atoms with Gasteiger partial charge in [0.1, 0.15) is 11.6 Å². The van der Waals surface area contributed by atoms with Crippen LogP contribution >= 0.6 is 0 Å². The Morgan fingerprint density at radius 3 is 2.47 bits per heavy atom. The molecule has 0 bridgehead atoms. The van der Waals surface area contributed by atoms with E-state index in [1.165, 1.54) is 12.1 Å². The molecule has 88 valence electrons. The number of nitrogens with zero attached hydrogens (tertiary/aromatic N) is 1. The number of aromatic nitrogens is 1. The third-order valence-electron chi connectivity index (χ3n) is 2.27. The number of ether oxygens (including phenoxy) is 1. The van der Waals surface area contributed by atoms with Gasteiger partial charge < -0.3 is 10.5 Å². The normalized spacial score (nSPS) is 10.2. The smallest absolute Gasteiger partial charge is 0.219 e. The zero-order valence-corrected chi connectivity index (χ0v) is 9.27. The Labute approximate surface area is 99.1 Å². The van der Waals surface area contributed by atoms with Crippen molar-refractivity contribution in [2.24, 2.45) is 5.73 Å². The molecule has 0 radical (unpaired) electrons. The van der Waals surface area contributed by atoms with Gasteiger partial charge in [-0.2, -0.15) is 0 Å². The number of benzene rings is 1. The molecule has 4 heteroatoms. The summed E-state index contributed by atoms with van der Waals surface area (Å²) >= 11 is 0. The molecule has 1 heterocycles. The summed E-state index contributed by atoms with van der Waals surface area (Å²) in [6, 6.07) is 9.50. The molecule has 0 saturated heterocycles. The van der Waals surface area contributed by atoms with E-state index < -0.39 is 0 Å². The molecular formula is C13H13FN2O. The molecule has 2 aromatic rings. The Balaban J connectivity index is 2.05. The predicted octanol–water partition coefficient (Wildman–Crippen LogP) is 2.51. The van der Waals surface area contributed by atoms with Crippen molar-refractivity contribution in [2.75, 3.05) is 6.54 Å². The number of hydrogen-bond donors (Lipinski definition) is 1. The SMILES string of the molecule is NCCc1ccc(Oc2ccc(F)cc2)nc1. The van der Waals surface area contributed by atoms with Crippen LogP contribution in [0, 0.1) is 5.82 Å². The maximum Gasteiger partial charge on any atom is 0.219 e. The van der Waals surface area contributed by atoms with Gasteiger partial charge in [-0.15, -0.1) is 0 Å². The van der Waals surface area contributed by atoms with Crippen molar-refractivity contribution in [3.05, 3.63) is 54.0 Å². The van der Waals surface area contributed by atoms with Gasteiger partial charge in [-0.3, -0.25) is 0 Å². The molecule has 0 aliphatic rings. The van der Waals surface area contributed by atoms with Gasteiger partial charge in [-0.05, 0) is 42.8 Å². The van der Waals surface area contributed by atoms with Crippen molar-refractivity contribution in [2.45, 2.75) is 6.42 Å². The van der Waals surface area contributed by atoms with E-state index in [-0.39, 0.29) is 5.82 Å². The average Bonchev–Trinajstić information content (AvgIpc) is 2.35. The monoisotopic (exact) mass is 232 g/mol. The second kappa shape index (κ2) is 5.41. The van der Waals surface area contributed by atoms with Gasteiger partial charge >= 0.3 is 0 Å². The Morgan fingerprint density at radius 1 is 1.12 bits per heavy atom. The Bertz CT molecular complexity index is 468. The van der Waals surface area contributed by atoms with Crippen molar-refractivity contribution >= 4 is 0 Å². The molecule has 0 atom stereocenters. The molecule has 0 saturated carbocycles. The highest BCUT2D eigenvalue weighted by molar-refractivity contribution is 5.28. The molecule has 3 nitrogen and oxygen atoms in total. The zero-order valence-electron chi connectivity index (χ0n) is 9.27. The Hall–Kier alpha value is -1.94. The van der Waals surface area contributed by atoms with Crippen LogP contribution in [0.4, 0.5) is 4.39 Å². The highest BCUT2D eigenvalue weighted by atomic mass is 19.1. The highest BCUT2D eigenvalue weighted by Gasteiger charge is 1.99. The molecule has 17 heavy (non-hydrogen) atoms. The molecule has 0 fully saturated rings. The summed E-state index contributed by atoms with van der Waals surface area (Å²) in [5, 5.41) is 0. The van der Waals surface area contributed by atoms with Crippen LogP contribution in [0.3, 0.4) is 0 Å². The number of pyridine rings is 1. The fourth-order valence-electron chi connectivity index (χ4n) is 1.41. The van der Waals surface area contributed by atoms with Crippen molar-refractivity contribution in [1.29, 1.82) is 0 Å². The predicted molar refractivity (Wildman–Crippen MR) is 63.5 cm³/mol. The summed E-state index contributed by atoms with van der Waals surface area (Å²) in [6.07, 6.45) is 2.52. The maximum atomic E-state index is 12.7. The van der Waals surface area contributed by atoms with Crippen molar-refractivity contribution in [1.82, 2.24) is 4.98 Å². The Kier molecular flexibility index (Phi) is 3.67. The molecule has 0 aliphatic heterocycles. The first-order valence-corrected chi connectivity index (χ1v) is 5.36. The minimum absolute atomic E-state index is 0.288. The van der Waals surface area contributed by atoms with E-state index >= 15 is 0 Å². The van der Waals surface area contributed by atoms with Crippen molar-refractivity contribution in [3.63, 3.8) is 0 Å². The van der Waals surface area contributed by atoms with Crippen molar-refractivity contribution in [3.8, 4) is 11.6 Å². The minimum Gasteiger partial charge on any atom is -0.439 e. The molecular weight excluding hydrogens is 219 g/mol. The largest absolute Gasteiger partial charge is 0.439 e. The molecule has 0 spiro atoms. The van der Waals surface area contributed by atoms with E-state index in [1.54, 1.807) is 24.4 Å². The second-order valence-electron chi connectivity index (χ2n) is 3.60. The van der Waals surface area contributed by atoms with E-state index in [0.717, 1.165) is 12.0 Å². The fourth-order valence-corrected chi connectivity index (χ4v) is 1.41. The first kappa shape index (κ1) is 11.5. The van der Waals surface area contributed by atoms with E-state index in [4.69, 9.17) is 10.5 Å². The average molecular weight is 232 g/mol. The standard InChI is InChI=1S/C13H13FN2O/c14-11-2-4-12(5-3-11)17-13-6-1-10(7-8-15)9-16-13/h1-6,9H,7-8,15H2. The van der Waals surface area contributed by atoms with Crippen LogP contribution < -0.4 is 10.5 Å². The van der Waals surface area contributed by atoms with Gasteiger partial charge in [0.25, 0.3) is 0 Å². The lowest BCUT2D eigenvalue weighted by Gasteiger charge is -2.05. The van der Waals surface area contributed by atoms with Crippen LogP contribution in [-0.2, 0) is 6.42 Å². The molecule has 1 aromatic heterocycles. The van der Waals surface area contributed by atoms with Crippen LogP contribution in [0.25, 0.3) is 0 Å². The van der Waals surface area contributed by atoms with Crippen LogP contribution in [0.5, 0.6) is 11.6 Å². The molecule has 2 rings (SSSR count). The first-order valence-electron chi connectivity index (χ1n) is 5.36. The molecule has 1 aromatic carbocycles. The van der Waals surface area contributed by atoms with E-state index in [1.807, 2.05) is 6.07 Å². The summed E-state index contributed by atoms with van der Waals surface area (Å²) in [6.45, 7) is 0.597. The minimum atomic E-state index is -0.288. The van der Waals surface area contributed by atoms with Crippen molar-refractivity contribution < 1.29 is 9.13 Å². The van der Waals surface area contributed by atoms with E-state index in [0.29, 0.717) is 18.2 Å². The summed E-state index contributed by atoms with van der Waals surface area (Å²) in [5.41, 5.74) is 6.51. The number of nitrogens with two attached hydrogens (primary N) is 1. The first-order chi connectivity index (χ1) is 8.28. The quantitative estimate of drug-likeness (QED) is 0.881. The van der Waals surface area contributed by atoms with Crippen LogP contribution in [0.15, 0.2) is 42.6 Å². The van der Waals surface area contributed by atoms with Gasteiger partial charge in [0.05, 0.1) is 0 Å². The van der Waals surface area contributed by atoms with Crippen LogP contribution in [-0.4, -0.2) is 11.5 Å². The van der Waals surface area contributed by atoms with Gasteiger partial charge in [0.2, 0.25) is 5.88 Å². The second-order valence-corrected chi connectivity index (χ2v) is 3.60. The maximum absolute atomic E-state index is 12.7. The third kappa shape index (κ3) is 3.26. The number of halogens is 1. The zero-order chi connectivity index (χ0) is 12.1. The number of hydrogen-bond acceptors (Lipinski definition) is 3. The third-order valence-corrected chi connectivity index (χ3v) is 2.27. The van der Waals surface area contributed by atoms with Gasteiger partial charge in [0, 0.05) is 12.3 Å². The highest BCUT2D eigenvalue weighted by Crippen LogP contribution is 2.19.